The molecule has 0 N–H and O–H groups in total. The summed E-state index contributed by atoms with van der Waals surface area (Å²) < 4.78 is 28.6. The zero-order valence-electron chi connectivity index (χ0n) is 12.9. The van der Waals surface area contributed by atoms with Gasteiger partial charge in [-0.25, -0.2) is 14.0 Å². The van der Waals surface area contributed by atoms with E-state index in [1.807, 2.05) is 0 Å². The van der Waals surface area contributed by atoms with Crippen LogP contribution < -0.4 is 4.74 Å². The summed E-state index contributed by atoms with van der Waals surface area (Å²) in [5, 5.41) is 0. The van der Waals surface area contributed by atoms with Gasteiger partial charge in [0.2, 0.25) is 0 Å². The highest BCUT2D eigenvalue weighted by molar-refractivity contribution is 9.10. The molecule has 0 aliphatic carbocycles. The Balaban J connectivity index is 2.38. The molecular weight excluding hydrogens is 403 g/mol. The maximum atomic E-state index is 13.1. The molecule has 5 nitrogen and oxygen atoms in total. The Kier molecular flexibility index (Phi) is 6.33. The van der Waals surface area contributed by atoms with Gasteiger partial charge < -0.3 is 14.2 Å². The molecule has 1 heterocycles. The largest absolute Gasteiger partial charge is 0.479 e. The summed E-state index contributed by atoms with van der Waals surface area (Å²) in [5.41, 5.74) is 0.699. The second-order valence-electron chi connectivity index (χ2n) is 4.50. The molecule has 0 bridgehead atoms. The first-order valence-electron chi connectivity index (χ1n) is 6.92. The van der Waals surface area contributed by atoms with Crippen molar-refractivity contribution in [2.45, 2.75) is 6.92 Å². The number of carbonyl (C=O) groups excluding carboxylic acids is 2. The van der Waals surface area contributed by atoms with E-state index >= 15 is 0 Å². The molecule has 2 aromatic rings. The van der Waals surface area contributed by atoms with Gasteiger partial charge in [-0.1, -0.05) is 12.1 Å². The van der Waals surface area contributed by atoms with Crippen molar-refractivity contribution in [3.05, 3.63) is 39.4 Å². The number of ether oxygens (including phenoxy) is 3. The van der Waals surface area contributed by atoms with Crippen LogP contribution in [0.4, 0.5) is 4.39 Å². The Bertz CT molecular complexity index is 742. The zero-order chi connectivity index (χ0) is 17.7. The van der Waals surface area contributed by atoms with Crippen LogP contribution in [0, 0.1) is 5.82 Å². The smallest absolute Gasteiger partial charge is 0.351 e. The number of carbonyl (C=O) groups is 2. The van der Waals surface area contributed by atoms with Gasteiger partial charge in [0.1, 0.15) is 5.82 Å². The minimum atomic E-state index is -0.590. The van der Waals surface area contributed by atoms with Crippen molar-refractivity contribution in [2.75, 3.05) is 20.3 Å². The van der Waals surface area contributed by atoms with Gasteiger partial charge in [-0.05, 0) is 40.5 Å². The maximum Gasteiger partial charge on any atom is 0.351 e. The first kappa shape index (κ1) is 18.4. The van der Waals surface area contributed by atoms with E-state index in [2.05, 4.69) is 15.9 Å². The van der Waals surface area contributed by atoms with E-state index in [0.717, 1.165) is 11.3 Å². The highest BCUT2D eigenvalue weighted by Gasteiger charge is 2.25. The zero-order valence-corrected chi connectivity index (χ0v) is 15.3. The van der Waals surface area contributed by atoms with E-state index in [4.69, 9.17) is 14.2 Å². The Morgan fingerprint density at radius 1 is 1.25 bits per heavy atom. The lowest BCUT2D eigenvalue weighted by molar-refractivity contribution is -0.145. The fourth-order valence-corrected chi connectivity index (χ4v) is 3.85. The number of esters is 2. The van der Waals surface area contributed by atoms with Crippen LogP contribution in [0.2, 0.25) is 0 Å². The van der Waals surface area contributed by atoms with E-state index in [0.29, 0.717) is 14.9 Å². The van der Waals surface area contributed by atoms with Gasteiger partial charge in [-0.2, -0.15) is 0 Å². The number of halogens is 2. The molecule has 0 saturated carbocycles. The molecule has 1 aromatic carbocycles. The lowest BCUT2D eigenvalue weighted by atomic mass is 10.2. The van der Waals surface area contributed by atoms with Crippen LogP contribution in [0.15, 0.2) is 28.7 Å². The number of hydrogen-bond acceptors (Lipinski definition) is 6. The molecule has 8 heteroatoms. The van der Waals surface area contributed by atoms with Crippen LogP contribution in [-0.4, -0.2) is 32.3 Å². The van der Waals surface area contributed by atoms with E-state index in [9.17, 15) is 14.0 Å². The summed E-state index contributed by atoms with van der Waals surface area (Å²) in [6, 6.07) is 5.81. The summed E-state index contributed by atoms with van der Waals surface area (Å²) >= 11 is 4.50. The predicted molar refractivity (Wildman–Crippen MR) is 90.9 cm³/mol. The molecule has 0 aliphatic heterocycles. The van der Waals surface area contributed by atoms with Crippen molar-refractivity contribution in [3.8, 4) is 16.2 Å². The average molecular weight is 417 g/mol. The third-order valence-corrected chi connectivity index (χ3v) is 5.15. The minimum absolute atomic E-state index is 0.194. The van der Waals surface area contributed by atoms with Gasteiger partial charge >= 0.3 is 11.9 Å². The normalized spacial score (nSPS) is 10.3. The molecule has 1 aromatic heterocycles. The van der Waals surface area contributed by atoms with E-state index < -0.39 is 11.9 Å². The average Bonchev–Trinajstić information content (AvgIpc) is 2.90. The number of methoxy groups -OCH3 is 1. The highest BCUT2D eigenvalue weighted by atomic mass is 79.9. The molecule has 0 spiro atoms. The Hall–Kier alpha value is -1.93. The molecule has 24 heavy (non-hydrogen) atoms. The number of hydrogen-bond donors (Lipinski definition) is 0. The van der Waals surface area contributed by atoms with Crippen molar-refractivity contribution in [1.82, 2.24) is 0 Å². The Labute approximate surface area is 150 Å². The first-order chi connectivity index (χ1) is 11.5. The van der Waals surface area contributed by atoms with Crippen molar-refractivity contribution in [2.24, 2.45) is 0 Å². The van der Waals surface area contributed by atoms with Crippen LogP contribution in [0.1, 0.15) is 16.6 Å². The van der Waals surface area contributed by atoms with Gasteiger partial charge in [0.25, 0.3) is 0 Å². The number of thiophene rings is 1. The van der Waals surface area contributed by atoms with E-state index in [1.165, 1.54) is 19.2 Å². The van der Waals surface area contributed by atoms with Crippen molar-refractivity contribution in [1.29, 1.82) is 0 Å². The number of rotatable bonds is 6. The fraction of sp³-hybridized carbons (Fsp3) is 0.250. The van der Waals surface area contributed by atoms with Crippen LogP contribution in [-0.2, 0) is 14.3 Å². The maximum absolute atomic E-state index is 13.1. The van der Waals surface area contributed by atoms with Crippen molar-refractivity contribution >= 4 is 39.2 Å². The van der Waals surface area contributed by atoms with Crippen LogP contribution in [0.3, 0.4) is 0 Å². The first-order valence-corrected chi connectivity index (χ1v) is 8.53. The summed E-state index contributed by atoms with van der Waals surface area (Å²) in [6.45, 7) is 1.58. The standard InChI is InChI=1S/C16H14BrFO5S/c1-3-22-11(19)8-23-13-12(17)14(24-15(13)16(20)21-2)9-4-6-10(18)7-5-9/h4-7H,3,8H2,1-2H3. The van der Waals surface area contributed by atoms with Gasteiger partial charge in [0.05, 0.1) is 23.1 Å². The topological polar surface area (TPSA) is 61.8 Å². The summed E-state index contributed by atoms with van der Waals surface area (Å²) in [5.74, 6) is -1.31. The SMILES string of the molecule is CCOC(=O)COc1c(C(=O)OC)sc(-c2ccc(F)cc2)c1Br. The highest BCUT2D eigenvalue weighted by Crippen LogP contribution is 2.45. The van der Waals surface area contributed by atoms with Crippen molar-refractivity contribution in [3.63, 3.8) is 0 Å². The molecule has 0 unspecified atom stereocenters. The fourth-order valence-electron chi connectivity index (χ4n) is 1.87. The third kappa shape index (κ3) is 4.12. The molecule has 0 amide bonds. The van der Waals surface area contributed by atoms with Gasteiger partial charge in [0, 0.05) is 0 Å². The summed E-state index contributed by atoms with van der Waals surface area (Å²) in [4.78, 5) is 24.3. The molecule has 0 fully saturated rings. The molecule has 0 atom stereocenters. The Morgan fingerprint density at radius 3 is 2.50 bits per heavy atom. The van der Waals surface area contributed by atoms with Crippen LogP contribution >= 0.6 is 27.3 Å². The summed E-state index contributed by atoms with van der Waals surface area (Å²) in [6.07, 6.45) is 0. The second kappa shape index (κ2) is 8.25. The monoisotopic (exact) mass is 416 g/mol. The molecule has 0 saturated heterocycles. The van der Waals surface area contributed by atoms with E-state index in [-0.39, 0.29) is 29.7 Å². The Morgan fingerprint density at radius 2 is 1.92 bits per heavy atom. The van der Waals surface area contributed by atoms with E-state index in [1.54, 1.807) is 19.1 Å². The lowest BCUT2D eigenvalue weighted by Crippen LogP contribution is -2.15. The molecule has 0 aliphatic rings. The molecular formula is C16H14BrFO5S. The lowest BCUT2D eigenvalue weighted by Gasteiger charge is -2.07. The number of benzene rings is 1. The van der Waals surface area contributed by atoms with Gasteiger partial charge in [0.15, 0.2) is 17.2 Å². The van der Waals surface area contributed by atoms with Gasteiger partial charge in [-0.15, -0.1) is 11.3 Å². The second-order valence-corrected chi connectivity index (χ2v) is 6.31. The third-order valence-electron chi connectivity index (χ3n) is 2.93. The van der Waals surface area contributed by atoms with Crippen LogP contribution in [0.5, 0.6) is 5.75 Å². The summed E-state index contributed by atoms with van der Waals surface area (Å²) in [7, 11) is 1.25. The quantitative estimate of drug-likeness (QED) is 0.664. The van der Waals surface area contributed by atoms with Crippen molar-refractivity contribution < 1.29 is 28.2 Å². The molecule has 2 rings (SSSR count). The molecule has 128 valence electrons. The minimum Gasteiger partial charge on any atom is -0.479 e. The predicted octanol–water partition coefficient (Wildman–Crippen LogP) is 4.05. The van der Waals surface area contributed by atoms with Crippen LogP contribution in [0.25, 0.3) is 10.4 Å². The molecule has 0 radical (unpaired) electrons. The van der Waals surface area contributed by atoms with Gasteiger partial charge in [-0.3, -0.25) is 0 Å².